The van der Waals surface area contributed by atoms with Crippen molar-refractivity contribution in [3.05, 3.63) is 147 Å². The maximum atomic E-state index is 14.8. The third-order valence-corrected chi connectivity index (χ3v) is 13.3. The zero-order valence-electron chi connectivity index (χ0n) is 35.7. The number of hydrogen-bond acceptors (Lipinski definition) is 7. The highest BCUT2D eigenvalue weighted by Gasteiger charge is 2.58. The lowest BCUT2D eigenvalue weighted by Gasteiger charge is -2.46. The SMILES string of the molecule is COc1ccc(CN(CC2(O)CCC3c4ccc(cc4C(=O)c4ccc(-c5cc(C(F)(F)F)ccc5Cl)o4)CC(O)CCC(C)=CCCC32C)C(=O)Nc2ccccc2)c(OC)c1. The van der Waals surface area contributed by atoms with Crippen LogP contribution in [0.25, 0.3) is 11.3 Å². The van der Waals surface area contributed by atoms with Crippen molar-refractivity contribution in [1.29, 1.82) is 0 Å². The lowest BCUT2D eigenvalue weighted by molar-refractivity contribution is -0.137. The Morgan fingerprint density at radius 2 is 1.73 bits per heavy atom. The predicted molar refractivity (Wildman–Crippen MR) is 236 cm³/mol. The van der Waals surface area contributed by atoms with Gasteiger partial charge < -0.3 is 34.3 Å². The Balaban J connectivity index is 1.30. The van der Waals surface area contributed by atoms with E-state index in [1.165, 1.54) is 12.1 Å². The van der Waals surface area contributed by atoms with Crippen molar-refractivity contribution in [2.24, 2.45) is 5.41 Å². The van der Waals surface area contributed by atoms with Gasteiger partial charge in [-0.25, -0.2) is 4.79 Å². The number of carbonyl (C=O) groups is 2. The molecule has 3 aliphatic rings. The second-order valence-electron chi connectivity index (χ2n) is 17.0. The Morgan fingerprint density at radius 1 is 0.952 bits per heavy atom. The summed E-state index contributed by atoms with van der Waals surface area (Å²) >= 11 is 6.36. The fraction of sp³-hybridized carbons (Fsp3) is 0.360. The van der Waals surface area contributed by atoms with Crippen LogP contribution in [0.1, 0.15) is 96.7 Å². The summed E-state index contributed by atoms with van der Waals surface area (Å²) < 4.78 is 58.2. The number of aliphatic hydroxyl groups is 2. The summed E-state index contributed by atoms with van der Waals surface area (Å²) in [5, 5.41) is 27.4. The number of allylic oxidation sites excluding steroid dienone is 2. The molecule has 1 aromatic heterocycles. The highest BCUT2D eigenvalue weighted by molar-refractivity contribution is 6.33. The number of benzene rings is 4. The summed E-state index contributed by atoms with van der Waals surface area (Å²) in [4.78, 5) is 30.7. The molecule has 1 saturated carbocycles. The molecule has 3 N–H and O–H groups in total. The molecule has 13 heteroatoms. The number of ketones is 1. The average Bonchev–Trinajstić information content (AvgIpc) is 3.85. The van der Waals surface area contributed by atoms with E-state index in [-0.39, 0.29) is 41.6 Å². The first-order valence-electron chi connectivity index (χ1n) is 21.0. The number of ether oxygens (including phenoxy) is 2. The first-order chi connectivity index (χ1) is 30.0. The van der Waals surface area contributed by atoms with Crippen molar-refractivity contribution in [3.63, 3.8) is 0 Å². The molecule has 8 rings (SSSR count). The van der Waals surface area contributed by atoms with E-state index in [1.807, 2.05) is 50.2 Å². The van der Waals surface area contributed by atoms with Crippen LogP contribution >= 0.6 is 11.6 Å². The molecular formula is C50H52ClF3N2O7. The average molecular weight is 885 g/mol. The fourth-order valence-electron chi connectivity index (χ4n) is 9.25. The minimum Gasteiger partial charge on any atom is -0.497 e. The number of anilines is 1. The molecule has 1 heterocycles. The largest absolute Gasteiger partial charge is 0.497 e. The van der Waals surface area contributed by atoms with Crippen molar-refractivity contribution in [2.45, 2.75) is 89.1 Å². The van der Waals surface area contributed by atoms with Crippen LogP contribution in [0.2, 0.25) is 5.02 Å². The number of halogens is 4. The van der Waals surface area contributed by atoms with Crippen LogP contribution in [-0.4, -0.2) is 59.4 Å². The lowest BCUT2D eigenvalue weighted by atomic mass is 9.64. The number of fused-ring (bicyclic) bond motifs is 8. The quantitative estimate of drug-likeness (QED) is 0.0943. The van der Waals surface area contributed by atoms with Gasteiger partial charge >= 0.3 is 12.2 Å². The summed E-state index contributed by atoms with van der Waals surface area (Å²) in [5.74, 6) is 0.0712. The third-order valence-electron chi connectivity index (χ3n) is 12.9. The first-order valence-corrected chi connectivity index (χ1v) is 21.4. The van der Waals surface area contributed by atoms with Gasteiger partial charge in [-0.3, -0.25) is 4.79 Å². The fourth-order valence-corrected chi connectivity index (χ4v) is 9.46. The van der Waals surface area contributed by atoms with Gasteiger partial charge in [0.15, 0.2) is 5.76 Å². The van der Waals surface area contributed by atoms with Crippen molar-refractivity contribution in [1.82, 2.24) is 4.90 Å². The summed E-state index contributed by atoms with van der Waals surface area (Å²) in [5.41, 5.74) is 0.742. The molecule has 332 valence electrons. The van der Waals surface area contributed by atoms with Crippen LogP contribution in [0, 0.1) is 5.41 Å². The Labute approximate surface area is 370 Å². The molecule has 0 spiro atoms. The van der Waals surface area contributed by atoms with Gasteiger partial charge in [0.25, 0.3) is 0 Å². The number of para-hydroxylation sites is 1. The molecule has 4 aromatic carbocycles. The number of amides is 2. The number of hydrogen-bond donors (Lipinski definition) is 3. The predicted octanol–water partition coefficient (Wildman–Crippen LogP) is 11.6. The number of rotatable bonds is 10. The summed E-state index contributed by atoms with van der Waals surface area (Å²) in [6, 6.07) is 25.3. The zero-order valence-corrected chi connectivity index (χ0v) is 36.5. The molecule has 0 radical (unpaired) electrons. The van der Waals surface area contributed by atoms with Crippen molar-refractivity contribution in [3.8, 4) is 22.8 Å². The lowest BCUT2D eigenvalue weighted by Crippen LogP contribution is -2.54. The number of nitrogens with zero attached hydrogens (tertiary/aromatic N) is 1. The van der Waals surface area contributed by atoms with Crippen LogP contribution in [0.3, 0.4) is 0 Å². The number of methoxy groups -OCH3 is 2. The number of aliphatic hydroxyl groups excluding tert-OH is 1. The van der Waals surface area contributed by atoms with E-state index in [9.17, 15) is 33.0 Å². The van der Waals surface area contributed by atoms with Crippen LogP contribution in [0.5, 0.6) is 11.5 Å². The molecular weight excluding hydrogens is 833 g/mol. The number of nitrogens with one attached hydrogen (secondary N) is 1. The van der Waals surface area contributed by atoms with Crippen LogP contribution < -0.4 is 14.8 Å². The van der Waals surface area contributed by atoms with Crippen molar-refractivity contribution < 1.29 is 46.9 Å². The summed E-state index contributed by atoms with van der Waals surface area (Å²) in [6.07, 6.45) is 0.0877. The van der Waals surface area contributed by atoms with Gasteiger partial charge in [-0.2, -0.15) is 13.2 Å². The van der Waals surface area contributed by atoms with E-state index in [0.29, 0.717) is 78.0 Å². The molecule has 3 aliphatic carbocycles. The maximum Gasteiger partial charge on any atom is 0.416 e. The molecule has 2 bridgehead atoms. The Kier molecular flexibility index (Phi) is 13.5. The van der Waals surface area contributed by atoms with Crippen molar-refractivity contribution >= 4 is 29.1 Å². The standard InChI is InChI=1S/C50H52ClF3N2O7/c1-31-9-8-23-48(2)41(22-24-49(48,60)30-56(47(59)55-35-10-6-5-7-11-35)29-33-14-17-37(61-3)28-45(33)62-4)38-18-13-32(25-36(57)16-12-31)26-39(38)46(58)44-21-20-43(63-44)40-27-34(50(52,53)54)15-19-42(40)51/h5-7,9-11,13-15,17-21,26-28,36,41,57,60H,8,12,16,22-25,29-30H2,1-4H3,(H,55,59). The second-order valence-corrected chi connectivity index (χ2v) is 17.4. The topological polar surface area (TPSA) is 121 Å². The van der Waals surface area contributed by atoms with E-state index >= 15 is 0 Å². The molecule has 1 fully saturated rings. The molecule has 0 aliphatic heterocycles. The maximum absolute atomic E-state index is 14.8. The van der Waals surface area contributed by atoms with Crippen LogP contribution in [0.15, 0.2) is 113 Å². The van der Waals surface area contributed by atoms with Gasteiger partial charge in [-0.05, 0) is 130 Å². The second kappa shape index (κ2) is 18.7. The minimum absolute atomic E-state index is 0.00526. The molecule has 5 aromatic rings. The molecule has 63 heavy (non-hydrogen) atoms. The van der Waals surface area contributed by atoms with E-state index in [2.05, 4.69) is 11.4 Å². The van der Waals surface area contributed by atoms with Crippen LogP contribution in [-0.2, 0) is 19.1 Å². The minimum atomic E-state index is -4.62. The number of furan rings is 1. The van der Waals surface area contributed by atoms with Gasteiger partial charge in [0, 0.05) is 33.9 Å². The summed E-state index contributed by atoms with van der Waals surface area (Å²) in [7, 11) is 3.10. The van der Waals surface area contributed by atoms with Crippen molar-refractivity contribution in [2.75, 3.05) is 26.1 Å². The van der Waals surface area contributed by atoms with Crippen LogP contribution in [0.4, 0.5) is 23.7 Å². The molecule has 4 atom stereocenters. The number of alkyl halides is 3. The smallest absolute Gasteiger partial charge is 0.416 e. The Bertz CT molecular complexity index is 2490. The third kappa shape index (κ3) is 9.83. The highest BCUT2D eigenvalue weighted by Crippen LogP contribution is 2.59. The number of carbonyl (C=O) groups excluding carboxylic acids is 2. The first kappa shape index (κ1) is 45.5. The normalized spacial score (nSPS) is 21.5. The van der Waals surface area contributed by atoms with E-state index < -0.39 is 46.6 Å². The van der Waals surface area contributed by atoms with Gasteiger partial charge in [0.2, 0.25) is 5.78 Å². The Morgan fingerprint density at radius 3 is 2.46 bits per heavy atom. The van der Waals surface area contributed by atoms with Gasteiger partial charge in [0.05, 0.1) is 49.6 Å². The van der Waals surface area contributed by atoms with E-state index in [4.69, 9.17) is 25.5 Å². The van der Waals surface area contributed by atoms with E-state index in [0.717, 1.165) is 23.8 Å². The molecule has 9 nitrogen and oxygen atoms in total. The molecule has 2 amide bonds. The van der Waals surface area contributed by atoms with Gasteiger partial charge in [0.1, 0.15) is 17.3 Å². The number of urea groups is 1. The monoisotopic (exact) mass is 884 g/mol. The summed E-state index contributed by atoms with van der Waals surface area (Å²) in [6.45, 7) is 4.08. The molecule has 0 saturated heterocycles. The van der Waals surface area contributed by atoms with Gasteiger partial charge in [-0.1, -0.05) is 60.5 Å². The van der Waals surface area contributed by atoms with E-state index in [1.54, 1.807) is 49.5 Å². The highest BCUT2D eigenvalue weighted by atomic mass is 35.5. The zero-order chi connectivity index (χ0) is 45.1. The van der Waals surface area contributed by atoms with Gasteiger partial charge in [-0.15, -0.1) is 0 Å². The molecule has 4 unspecified atom stereocenters. The Hall–Kier alpha value is -5.56.